The fourth-order valence-corrected chi connectivity index (χ4v) is 6.14. The van der Waals surface area contributed by atoms with Crippen molar-refractivity contribution >= 4 is 29.2 Å². The molecule has 8 nitrogen and oxygen atoms in total. The number of aryl methyl sites for hydroxylation is 1. The molecule has 3 atom stereocenters. The van der Waals surface area contributed by atoms with E-state index in [0.29, 0.717) is 18.1 Å². The van der Waals surface area contributed by atoms with Crippen LogP contribution >= 0.6 is 11.6 Å². The van der Waals surface area contributed by atoms with Crippen molar-refractivity contribution < 1.29 is 14.3 Å². The molecule has 2 aromatic rings. The fraction of sp³-hybridized carbons (Fsp3) is 0.485. The quantitative estimate of drug-likeness (QED) is 0.291. The van der Waals surface area contributed by atoms with Gasteiger partial charge in [0, 0.05) is 44.0 Å². The lowest BCUT2D eigenvalue weighted by Gasteiger charge is -2.42. The van der Waals surface area contributed by atoms with E-state index in [1.54, 1.807) is 17.4 Å². The average Bonchev–Trinajstić information content (AvgIpc) is 3.74. The van der Waals surface area contributed by atoms with Crippen molar-refractivity contribution in [1.29, 1.82) is 0 Å². The zero-order valence-electron chi connectivity index (χ0n) is 25.3. The first-order valence-electron chi connectivity index (χ1n) is 14.7. The van der Waals surface area contributed by atoms with Crippen molar-refractivity contribution in [3.63, 3.8) is 0 Å². The minimum absolute atomic E-state index is 0.0101. The van der Waals surface area contributed by atoms with Gasteiger partial charge in [-0.3, -0.25) is 4.79 Å². The Kier molecular flexibility index (Phi) is 10.2. The average molecular weight is 594 g/mol. The summed E-state index contributed by atoms with van der Waals surface area (Å²) in [7, 11) is 3.92. The molecule has 2 aliphatic rings. The Hall–Kier alpha value is -3.52. The highest BCUT2D eigenvalue weighted by Gasteiger charge is 2.38. The van der Waals surface area contributed by atoms with Gasteiger partial charge in [0.1, 0.15) is 0 Å². The van der Waals surface area contributed by atoms with Crippen LogP contribution in [-0.4, -0.2) is 63.6 Å². The van der Waals surface area contributed by atoms with Crippen LogP contribution in [0.4, 0.5) is 4.79 Å². The van der Waals surface area contributed by atoms with Crippen molar-refractivity contribution in [3.05, 3.63) is 84.6 Å². The van der Waals surface area contributed by atoms with Crippen molar-refractivity contribution in [2.75, 3.05) is 20.1 Å². The van der Waals surface area contributed by atoms with E-state index in [-0.39, 0.29) is 41.9 Å². The minimum atomic E-state index is -0.476. The number of hydrogen-bond acceptors (Lipinski definition) is 5. The van der Waals surface area contributed by atoms with Gasteiger partial charge in [0.25, 0.3) is 0 Å². The highest BCUT2D eigenvalue weighted by atomic mass is 35.5. The highest BCUT2D eigenvalue weighted by molar-refractivity contribution is 6.30. The van der Waals surface area contributed by atoms with Crippen molar-refractivity contribution in [1.82, 2.24) is 24.7 Å². The van der Waals surface area contributed by atoms with E-state index in [0.717, 1.165) is 48.1 Å². The standard InChI is InChI=1S/C33H44ClN5O3/c1-8-28(37(6)9-2)30(23-14-16-39(17-15-23)33(41)42-21(3)4)26-13-12-25(34)18-27(26)22(5)31(29-19-35-20-38(29)7)36-32(40)24-10-11-24/h8-9,12-13,18-21,23-24,28,30-31H,1-2,5,10-11,14-17H2,3-4,6-7H3,(H,36,40). The van der Waals surface area contributed by atoms with Gasteiger partial charge >= 0.3 is 6.09 Å². The van der Waals surface area contributed by atoms with E-state index in [1.165, 1.54) is 0 Å². The van der Waals surface area contributed by atoms with E-state index in [9.17, 15) is 9.59 Å². The number of imidazole rings is 1. The van der Waals surface area contributed by atoms with Gasteiger partial charge in [-0.15, -0.1) is 6.58 Å². The van der Waals surface area contributed by atoms with Gasteiger partial charge < -0.3 is 24.4 Å². The zero-order chi connectivity index (χ0) is 30.6. The van der Waals surface area contributed by atoms with Crippen molar-refractivity contribution in [3.8, 4) is 0 Å². The summed E-state index contributed by atoms with van der Waals surface area (Å²) in [5, 5.41) is 3.84. The number of nitrogens with one attached hydrogen (secondary N) is 1. The molecule has 2 fully saturated rings. The lowest BCUT2D eigenvalue weighted by Crippen LogP contribution is -2.44. The van der Waals surface area contributed by atoms with Gasteiger partial charge in [-0.1, -0.05) is 36.9 Å². The Bertz CT molecular complexity index is 1310. The molecule has 1 N–H and O–H groups in total. The second-order valence-electron chi connectivity index (χ2n) is 11.8. The number of hydrogen-bond donors (Lipinski definition) is 1. The first kappa shape index (κ1) is 31.4. The minimum Gasteiger partial charge on any atom is -0.447 e. The second-order valence-corrected chi connectivity index (χ2v) is 12.2. The molecule has 3 unspecified atom stereocenters. The maximum Gasteiger partial charge on any atom is 0.410 e. The van der Waals surface area contributed by atoms with E-state index >= 15 is 0 Å². The molecule has 1 aliphatic carbocycles. The molecule has 2 amide bonds. The first-order chi connectivity index (χ1) is 20.0. The molecule has 42 heavy (non-hydrogen) atoms. The molecule has 4 rings (SSSR count). The molecule has 0 radical (unpaired) electrons. The number of carbonyl (C=O) groups is 2. The number of nitrogens with zero attached hydrogens (tertiary/aromatic N) is 4. The summed E-state index contributed by atoms with van der Waals surface area (Å²) in [5.74, 6) is 0.282. The van der Waals surface area contributed by atoms with Crippen molar-refractivity contribution in [2.45, 2.75) is 63.6 Å². The number of rotatable bonds is 12. The molecule has 1 aromatic heterocycles. The second kappa shape index (κ2) is 13.6. The van der Waals surface area contributed by atoms with Crippen LogP contribution in [0.15, 0.2) is 62.7 Å². The van der Waals surface area contributed by atoms with E-state index < -0.39 is 6.04 Å². The van der Waals surface area contributed by atoms with E-state index in [4.69, 9.17) is 16.3 Å². The number of amides is 2. The van der Waals surface area contributed by atoms with Gasteiger partial charge in [0.05, 0.1) is 36.4 Å². The molecule has 0 spiro atoms. The maximum absolute atomic E-state index is 13.0. The summed E-state index contributed by atoms with van der Waals surface area (Å²) in [6.45, 7) is 17.7. The van der Waals surface area contributed by atoms with Gasteiger partial charge in [0.15, 0.2) is 0 Å². The Morgan fingerprint density at radius 1 is 1.19 bits per heavy atom. The predicted octanol–water partition coefficient (Wildman–Crippen LogP) is 6.32. The molecule has 9 heteroatoms. The topological polar surface area (TPSA) is 79.7 Å². The summed E-state index contributed by atoms with van der Waals surface area (Å²) in [4.78, 5) is 33.9. The third kappa shape index (κ3) is 7.09. The van der Waals surface area contributed by atoms with Gasteiger partial charge in [-0.25, -0.2) is 9.78 Å². The first-order valence-corrected chi connectivity index (χ1v) is 15.1. The van der Waals surface area contributed by atoms with Crippen LogP contribution in [0.2, 0.25) is 5.02 Å². The maximum atomic E-state index is 13.0. The van der Waals surface area contributed by atoms with Gasteiger partial charge in [-0.05, 0) is 80.5 Å². The van der Waals surface area contributed by atoms with Crippen LogP contribution < -0.4 is 5.32 Å². The predicted molar refractivity (Wildman–Crippen MR) is 168 cm³/mol. The van der Waals surface area contributed by atoms with Crippen LogP contribution in [0.3, 0.4) is 0 Å². The lowest BCUT2D eigenvalue weighted by atomic mass is 9.73. The summed E-state index contributed by atoms with van der Waals surface area (Å²) < 4.78 is 7.38. The Labute approximate surface area is 255 Å². The number of ether oxygens (including phenoxy) is 1. The molecule has 0 bridgehead atoms. The number of piperidine rings is 1. The smallest absolute Gasteiger partial charge is 0.410 e. The molecular weight excluding hydrogens is 550 g/mol. The zero-order valence-corrected chi connectivity index (χ0v) is 26.0. The summed E-state index contributed by atoms with van der Waals surface area (Å²) in [6, 6.07) is 5.37. The van der Waals surface area contributed by atoms with Gasteiger partial charge in [-0.2, -0.15) is 0 Å². The number of halogens is 1. The van der Waals surface area contributed by atoms with Crippen LogP contribution in [0.1, 0.15) is 68.3 Å². The summed E-state index contributed by atoms with van der Waals surface area (Å²) in [6.07, 6.45) is 10.2. The van der Waals surface area contributed by atoms with Crippen LogP contribution in [0, 0.1) is 11.8 Å². The largest absolute Gasteiger partial charge is 0.447 e. The Balaban J connectivity index is 1.74. The third-order valence-corrected chi connectivity index (χ3v) is 8.70. The lowest BCUT2D eigenvalue weighted by molar-refractivity contribution is -0.122. The fourth-order valence-electron chi connectivity index (χ4n) is 5.97. The molecule has 226 valence electrons. The molecule has 1 aromatic carbocycles. The monoisotopic (exact) mass is 593 g/mol. The molecule has 1 saturated heterocycles. The summed E-state index contributed by atoms with van der Waals surface area (Å²) >= 11 is 6.63. The number of aromatic nitrogens is 2. The molecular formula is C33H44ClN5O3. The van der Waals surface area contributed by atoms with Crippen LogP contribution in [-0.2, 0) is 16.6 Å². The van der Waals surface area contributed by atoms with Crippen LogP contribution in [0.25, 0.3) is 5.57 Å². The molecule has 2 heterocycles. The van der Waals surface area contributed by atoms with E-state index in [2.05, 4.69) is 41.0 Å². The number of likely N-dealkylation sites (N-methyl/N-ethyl adjacent to an activating group) is 1. The van der Waals surface area contributed by atoms with E-state index in [1.807, 2.05) is 56.9 Å². The normalized spacial score (nSPS) is 17.7. The number of benzene rings is 1. The Morgan fingerprint density at radius 2 is 1.88 bits per heavy atom. The summed E-state index contributed by atoms with van der Waals surface area (Å²) in [5.41, 5.74) is 3.55. The van der Waals surface area contributed by atoms with Gasteiger partial charge in [0.2, 0.25) is 5.91 Å². The molecule has 1 aliphatic heterocycles. The number of carbonyl (C=O) groups excluding carboxylic acids is 2. The number of likely N-dealkylation sites (tertiary alicyclic amines) is 1. The highest BCUT2D eigenvalue weighted by Crippen LogP contribution is 2.43. The Morgan fingerprint density at radius 3 is 2.43 bits per heavy atom. The van der Waals surface area contributed by atoms with Crippen LogP contribution in [0.5, 0.6) is 0 Å². The SMILES string of the molecule is C=CC(C(c1ccc(Cl)cc1C(=C)C(NC(=O)C1CC1)c1cncn1C)C1CCN(C(=O)OC(C)C)CC1)N(C)C=C. The third-order valence-electron chi connectivity index (χ3n) is 8.46. The molecule has 1 saturated carbocycles. The van der Waals surface area contributed by atoms with Crippen molar-refractivity contribution in [2.24, 2.45) is 18.9 Å².